The van der Waals surface area contributed by atoms with Crippen molar-refractivity contribution in [1.82, 2.24) is 5.32 Å². The number of carboxylic acid groups (broad SMARTS) is 2. The van der Waals surface area contributed by atoms with E-state index < -0.39 is 34.2 Å². The van der Waals surface area contributed by atoms with Crippen LogP contribution in [0.3, 0.4) is 0 Å². The van der Waals surface area contributed by atoms with Crippen LogP contribution in [0, 0.1) is 21.4 Å². The highest BCUT2D eigenvalue weighted by molar-refractivity contribution is 5.89. The fourth-order valence-corrected chi connectivity index (χ4v) is 2.90. The van der Waals surface area contributed by atoms with Gasteiger partial charge in [-0.1, -0.05) is 12.1 Å². The molecule has 1 aliphatic heterocycles. The van der Waals surface area contributed by atoms with Crippen molar-refractivity contribution in [3.63, 3.8) is 0 Å². The van der Waals surface area contributed by atoms with Crippen molar-refractivity contribution in [1.29, 1.82) is 0 Å². The number of non-ortho nitro benzene ring substituents is 1. The van der Waals surface area contributed by atoms with E-state index in [1.54, 1.807) is 13.0 Å². The highest BCUT2D eigenvalue weighted by Crippen LogP contribution is 2.39. The highest BCUT2D eigenvalue weighted by atomic mass is 16.6. The van der Waals surface area contributed by atoms with Crippen LogP contribution in [0.15, 0.2) is 30.3 Å². The van der Waals surface area contributed by atoms with Gasteiger partial charge in [0.15, 0.2) is 0 Å². The first-order valence-electron chi connectivity index (χ1n) is 6.87. The molecule has 0 aliphatic carbocycles. The summed E-state index contributed by atoms with van der Waals surface area (Å²) >= 11 is 0. The Morgan fingerprint density at radius 2 is 2.00 bits per heavy atom. The van der Waals surface area contributed by atoms with Crippen LogP contribution >= 0.6 is 0 Å². The van der Waals surface area contributed by atoms with Gasteiger partial charge in [-0.25, -0.2) is 0 Å². The van der Waals surface area contributed by atoms with Gasteiger partial charge in [0, 0.05) is 29.4 Å². The predicted octanol–water partition coefficient (Wildman–Crippen LogP) is 1.72. The van der Waals surface area contributed by atoms with Gasteiger partial charge in [0.1, 0.15) is 5.41 Å². The average molecular weight is 320 g/mol. The lowest BCUT2D eigenvalue weighted by atomic mass is 9.70. The molecule has 8 nitrogen and oxygen atoms in total. The summed E-state index contributed by atoms with van der Waals surface area (Å²) < 4.78 is 0. The Morgan fingerprint density at radius 3 is 2.52 bits per heavy atom. The lowest BCUT2D eigenvalue weighted by Gasteiger charge is -2.39. The maximum absolute atomic E-state index is 11.6. The molecule has 2 rings (SSSR count). The number of aliphatic carboxylic acids is 2. The van der Waals surface area contributed by atoms with Crippen LogP contribution in [0.2, 0.25) is 0 Å². The van der Waals surface area contributed by atoms with Crippen LogP contribution in [-0.2, 0) is 9.59 Å². The number of nitro benzene ring substituents is 1. The van der Waals surface area contributed by atoms with Crippen LogP contribution in [0.1, 0.15) is 19.4 Å². The summed E-state index contributed by atoms with van der Waals surface area (Å²) in [5.41, 5.74) is -0.961. The molecule has 0 bridgehead atoms. The van der Waals surface area contributed by atoms with Crippen LogP contribution in [0.4, 0.5) is 5.69 Å². The number of nitrogens with one attached hydrogen (secondary N) is 1. The zero-order valence-electron chi connectivity index (χ0n) is 12.5. The van der Waals surface area contributed by atoms with E-state index in [4.69, 9.17) is 0 Å². The molecular weight excluding hydrogens is 304 g/mol. The molecule has 0 aromatic heterocycles. The predicted molar refractivity (Wildman–Crippen MR) is 80.5 cm³/mol. The number of carboxylic acids is 2. The van der Waals surface area contributed by atoms with Crippen LogP contribution in [0.25, 0.3) is 5.70 Å². The first-order chi connectivity index (χ1) is 10.7. The van der Waals surface area contributed by atoms with E-state index in [2.05, 4.69) is 5.32 Å². The molecule has 0 radical (unpaired) electrons. The normalized spacial score (nSPS) is 26.8. The molecule has 0 saturated heterocycles. The standard InChI is InChI=1S/C15H16N2O6/c1-8-12(13(18)19)15(2,14(20)21)7-11(16-8)9-4-3-5-10(6-9)17(22)23/h3-8,12,16H,1-2H3,(H,18,19)(H,20,21). The van der Waals surface area contributed by atoms with E-state index in [-0.39, 0.29) is 5.69 Å². The average Bonchev–Trinajstić information content (AvgIpc) is 2.46. The van der Waals surface area contributed by atoms with E-state index in [0.717, 1.165) is 0 Å². The van der Waals surface area contributed by atoms with E-state index in [1.165, 1.54) is 31.2 Å². The molecule has 0 amide bonds. The van der Waals surface area contributed by atoms with Gasteiger partial charge in [-0.2, -0.15) is 0 Å². The number of rotatable bonds is 4. The molecule has 8 heteroatoms. The number of benzene rings is 1. The molecule has 3 unspecified atom stereocenters. The van der Waals surface area contributed by atoms with Crippen molar-refractivity contribution in [3.05, 3.63) is 46.0 Å². The van der Waals surface area contributed by atoms with Crippen LogP contribution in [0.5, 0.6) is 0 Å². The molecule has 122 valence electrons. The summed E-state index contributed by atoms with van der Waals surface area (Å²) in [6, 6.07) is 5.07. The number of hydrogen-bond acceptors (Lipinski definition) is 5. The van der Waals surface area contributed by atoms with Crippen molar-refractivity contribution >= 4 is 23.3 Å². The van der Waals surface area contributed by atoms with Crippen molar-refractivity contribution in [3.8, 4) is 0 Å². The van der Waals surface area contributed by atoms with Crippen molar-refractivity contribution in [2.45, 2.75) is 19.9 Å². The summed E-state index contributed by atoms with van der Waals surface area (Å²) in [7, 11) is 0. The highest BCUT2D eigenvalue weighted by Gasteiger charge is 2.50. The van der Waals surface area contributed by atoms with Gasteiger partial charge in [-0.3, -0.25) is 19.7 Å². The Hall–Kier alpha value is -2.90. The Labute approximate surface area is 131 Å². The van der Waals surface area contributed by atoms with E-state index in [9.17, 15) is 29.9 Å². The fraction of sp³-hybridized carbons (Fsp3) is 0.333. The second kappa shape index (κ2) is 5.71. The molecule has 0 fully saturated rings. The van der Waals surface area contributed by atoms with E-state index in [0.29, 0.717) is 11.3 Å². The minimum atomic E-state index is -1.63. The molecule has 1 aliphatic rings. The van der Waals surface area contributed by atoms with Crippen molar-refractivity contribution < 1.29 is 24.7 Å². The van der Waals surface area contributed by atoms with E-state index in [1.807, 2.05) is 0 Å². The Kier molecular flexibility index (Phi) is 4.09. The fourth-order valence-electron chi connectivity index (χ4n) is 2.90. The zero-order chi connectivity index (χ0) is 17.4. The summed E-state index contributed by atoms with van der Waals surface area (Å²) in [4.78, 5) is 33.4. The third-order valence-corrected chi connectivity index (χ3v) is 4.07. The van der Waals surface area contributed by atoms with Crippen LogP contribution < -0.4 is 5.32 Å². The Morgan fingerprint density at radius 1 is 1.35 bits per heavy atom. The Bertz CT molecular complexity index is 714. The Balaban J connectivity index is 2.56. The molecule has 1 aromatic rings. The third-order valence-electron chi connectivity index (χ3n) is 4.07. The maximum atomic E-state index is 11.6. The van der Waals surface area contributed by atoms with Crippen molar-refractivity contribution in [2.24, 2.45) is 11.3 Å². The van der Waals surface area contributed by atoms with Gasteiger partial charge >= 0.3 is 11.9 Å². The monoisotopic (exact) mass is 320 g/mol. The zero-order valence-corrected chi connectivity index (χ0v) is 12.5. The van der Waals surface area contributed by atoms with Gasteiger partial charge in [-0.05, 0) is 19.9 Å². The summed E-state index contributed by atoms with van der Waals surface area (Å²) in [5.74, 6) is -3.65. The number of nitrogens with zero attached hydrogens (tertiary/aromatic N) is 1. The smallest absolute Gasteiger partial charge is 0.314 e. The topological polar surface area (TPSA) is 130 Å². The van der Waals surface area contributed by atoms with Crippen molar-refractivity contribution in [2.75, 3.05) is 0 Å². The molecule has 1 aromatic carbocycles. The minimum absolute atomic E-state index is 0.129. The molecule has 0 spiro atoms. The summed E-state index contributed by atoms with van der Waals surface area (Å²) in [6.45, 7) is 2.91. The second-order valence-electron chi connectivity index (χ2n) is 5.70. The molecule has 0 saturated carbocycles. The minimum Gasteiger partial charge on any atom is -0.481 e. The molecule has 23 heavy (non-hydrogen) atoms. The number of hydrogen-bond donors (Lipinski definition) is 3. The molecule has 1 heterocycles. The maximum Gasteiger partial charge on any atom is 0.314 e. The summed E-state index contributed by atoms with van der Waals surface area (Å²) in [6.07, 6.45) is 1.31. The van der Waals surface area contributed by atoms with E-state index >= 15 is 0 Å². The lowest BCUT2D eigenvalue weighted by molar-refractivity contribution is -0.384. The molecule has 3 N–H and O–H groups in total. The first kappa shape index (κ1) is 16.5. The van der Waals surface area contributed by atoms with Crippen LogP contribution in [-0.4, -0.2) is 33.1 Å². The number of nitro groups is 1. The third kappa shape index (κ3) is 2.87. The quantitative estimate of drug-likeness (QED) is 0.568. The second-order valence-corrected chi connectivity index (χ2v) is 5.70. The van der Waals surface area contributed by atoms with Gasteiger partial charge in [0.05, 0.1) is 10.8 Å². The van der Waals surface area contributed by atoms with Gasteiger partial charge in [-0.15, -0.1) is 0 Å². The van der Waals surface area contributed by atoms with Gasteiger partial charge in [0.25, 0.3) is 5.69 Å². The molecular formula is C15H16N2O6. The largest absolute Gasteiger partial charge is 0.481 e. The van der Waals surface area contributed by atoms with Gasteiger partial charge in [0.2, 0.25) is 0 Å². The number of carbonyl (C=O) groups is 2. The molecule has 3 atom stereocenters. The lowest BCUT2D eigenvalue weighted by Crippen LogP contribution is -2.52. The SMILES string of the molecule is CC1NC(c2cccc([N+](=O)[O-])c2)=CC(C)(C(=O)O)C1C(=O)O. The summed E-state index contributed by atoms with van der Waals surface area (Å²) in [5, 5.41) is 32.6. The van der Waals surface area contributed by atoms with Gasteiger partial charge < -0.3 is 15.5 Å². The first-order valence-corrected chi connectivity index (χ1v) is 6.87.